The number of halogens is 1. The number of nitrogens with zero attached hydrogens (tertiary/aromatic N) is 2. The molecule has 0 saturated heterocycles. The maximum absolute atomic E-state index is 12.9. The number of hydrazone groups is 1. The molecule has 0 bridgehead atoms. The predicted molar refractivity (Wildman–Crippen MR) is 114 cm³/mol. The van der Waals surface area contributed by atoms with Crippen molar-refractivity contribution in [2.45, 2.75) is 13.8 Å². The summed E-state index contributed by atoms with van der Waals surface area (Å²) in [7, 11) is 1.55. The van der Waals surface area contributed by atoms with Gasteiger partial charge in [-0.2, -0.15) is 10.1 Å². The van der Waals surface area contributed by atoms with Crippen LogP contribution in [0.15, 0.2) is 51.5 Å². The summed E-state index contributed by atoms with van der Waals surface area (Å²) in [6.45, 7) is 4.13. The van der Waals surface area contributed by atoms with Crippen molar-refractivity contribution in [3.63, 3.8) is 0 Å². The number of carbonyl (C=O) groups excluding carboxylic acids is 1. The van der Waals surface area contributed by atoms with Crippen molar-refractivity contribution in [2.75, 3.05) is 18.7 Å². The zero-order valence-electron chi connectivity index (χ0n) is 16.1. The Balaban J connectivity index is 1.93. The number of aromatic carboxylic acids is 1. The molecule has 1 N–H and O–H groups in total. The molecule has 2 aromatic rings. The van der Waals surface area contributed by atoms with Gasteiger partial charge >= 0.3 is 5.97 Å². The first-order chi connectivity index (χ1) is 13.8. The van der Waals surface area contributed by atoms with Gasteiger partial charge in [-0.1, -0.05) is 0 Å². The number of hydrogen-bond acceptors (Lipinski definition) is 5. The van der Waals surface area contributed by atoms with Crippen molar-refractivity contribution in [1.29, 1.82) is 0 Å². The smallest absolute Gasteiger partial charge is 0.335 e. The molecule has 1 amide bonds. The second kappa shape index (κ2) is 8.48. The van der Waals surface area contributed by atoms with Gasteiger partial charge in [-0.15, -0.1) is 0 Å². The number of anilines is 1. The van der Waals surface area contributed by atoms with Crippen LogP contribution in [0.3, 0.4) is 0 Å². The molecule has 0 spiro atoms. The molecule has 1 aliphatic heterocycles. The molecule has 2 aromatic carbocycles. The Labute approximate surface area is 176 Å². The summed E-state index contributed by atoms with van der Waals surface area (Å²) in [4.78, 5) is 23.9. The molecule has 7 nitrogen and oxygen atoms in total. The summed E-state index contributed by atoms with van der Waals surface area (Å²) in [6, 6.07) is 9.60. The van der Waals surface area contributed by atoms with E-state index in [1.54, 1.807) is 38.3 Å². The number of benzene rings is 2. The van der Waals surface area contributed by atoms with Gasteiger partial charge in [0.05, 0.1) is 40.7 Å². The average Bonchev–Trinajstić information content (AvgIpc) is 2.98. The number of carbonyl (C=O) groups is 2. The van der Waals surface area contributed by atoms with Crippen molar-refractivity contribution >= 4 is 45.3 Å². The fourth-order valence-electron chi connectivity index (χ4n) is 2.88. The summed E-state index contributed by atoms with van der Waals surface area (Å²) in [5, 5.41) is 14.6. The van der Waals surface area contributed by atoms with Crippen molar-refractivity contribution in [2.24, 2.45) is 5.10 Å². The molecule has 0 aliphatic carbocycles. The number of amides is 1. The van der Waals surface area contributed by atoms with Gasteiger partial charge in [0.25, 0.3) is 5.91 Å². The van der Waals surface area contributed by atoms with Gasteiger partial charge in [0.2, 0.25) is 0 Å². The molecule has 0 radical (unpaired) electrons. The van der Waals surface area contributed by atoms with E-state index in [2.05, 4.69) is 21.0 Å². The Bertz CT molecular complexity index is 1030. The number of carboxylic acids is 1. The van der Waals surface area contributed by atoms with Gasteiger partial charge in [0.1, 0.15) is 0 Å². The van der Waals surface area contributed by atoms with Crippen LogP contribution >= 0.6 is 15.9 Å². The quantitative estimate of drug-likeness (QED) is 0.649. The highest BCUT2D eigenvalue weighted by Gasteiger charge is 2.29. The molecule has 8 heteroatoms. The Morgan fingerprint density at radius 1 is 1.28 bits per heavy atom. The van der Waals surface area contributed by atoms with E-state index in [1.165, 1.54) is 17.1 Å². The number of hydrogen-bond donors (Lipinski definition) is 1. The summed E-state index contributed by atoms with van der Waals surface area (Å²) in [5.74, 6) is -0.177. The molecular weight excluding hydrogens is 440 g/mol. The highest BCUT2D eigenvalue weighted by atomic mass is 79.9. The average molecular weight is 459 g/mol. The molecule has 0 aromatic heterocycles. The van der Waals surface area contributed by atoms with Crippen molar-refractivity contribution in [3.8, 4) is 11.5 Å². The monoisotopic (exact) mass is 458 g/mol. The van der Waals surface area contributed by atoms with E-state index in [0.29, 0.717) is 39.6 Å². The summed E-state index contributed by atoms with van der Waals surface area (Å²) < 4.78 is 11.7. The van der Waals surface area contributed by atoms with Crippen LogP contribution in [0.5, 0.6) is 11.5 Å². The van der Waals surface area contributed by atoms with Crippen LogP contribution in [-0.2, 0) is 4.79 Å². The normalized spacial score (nSPS) is 14.9. The van der Waals surface area contributed by atoms with E-state index in [0.717, 1.165) is 5.56 Å². The fraction of sp³-hybridized carbons (Fsp3) is 0.190. The zero-order chi connectivity index (χ0) is 21.1. The topological polar surface area (TPSA) is 88.4 Å². The Hall–Kier alpha value is -3.13. The van der Waals surface area contributed by atoms with E-state index >= 15 is 0 Å². The number of ether oxygens (including phenoxy) is 2. The van der Waals surface area contributed by atoms with Crippen LogP contribution in [0, 0.1) is 0 Å². The Morgan fingerprint density at radius 2 is 1.97 bits per heavy atom. The first kappa shape index (κ1) is 20.6. The van der Waals surface area contributed by atoms with Crippen molar-refractivity contribution < 1.29 is 24.2 Å². The van der Waals surface area contributed by atoms with Gasteiger partial charge in [-0.25, -0.2) is 4.79 Å². The largest absolute Gasteiger partial charge is 0.493 e. The van der Waals surface area contributed by atoms with Crippen molar-refractivity contribution in [1.82, 2.24) is 0 Å². The molecular formula is C21H19BrN2O5. The molecule has 1 heterocycles. The van der Waals surface area contributed by atoms with Crippen LogP contribution in [0.1, 0.15) is 29.8 Å². The van der Waals surface area contributed by atoms with Crippen LogP contribution in [0.25, 0.3) is 6.08 Å². The number of rotatable bonds is 6. The van der Waals surface area contributed by atoms with Gasteiger partial charge in [-0.3, -0.25) is 4.79 Å². The first-order valence-corrected chi connectivity index (χ1v) is 9.60. The van der Waals surface area contributed by atoms with E-state index < -0.39 is 5.97 Å². The SMILES string of the molecule is CCOc1c(Br)cc(/C=C2\C(=O)N(c3ccc(C(=O)O)cc3)N=C2C)cc1OC. The minimum Gasteiger partial charge on any atom is -0.493 e. The third-order valence-electron chi connectivity index (χ3n) is 4.27. The molecule has 150 valence electrons. The third-order valence-corrected chi connectivity index (χ3v) is 4.86. The molecule has 0 unspecified atom stereocenters. The van der Waals surface area contributed by atoms with Crippen LogP contribution in [0.2, 0.25) is 0 Å². The summed E-state index contributed by atoms with van der Waals surface area (Å²) in [6.07, 6.45) is 1.73. The minimum atomic E-state index is -1.03. The minimum absolute atomic E-state index is 0.142. The first-order valence-electron chi connectivity index (χ1n) is 8.81. The molecule has 0 atom stereocenters. The lowest BCUT2D eigenvalue weighted by Crippen LogP contribution is -2.21. The highest BCUT2D eigenvalue weighted by Crippen LogP contribution is 2.37. The van der Waals surface area contributed by atoms with Crippen LogP contribution < -0.4 is 14.5 Å². The lowest BCUT2D eigenvalue weighted by atomic mass is 10.1. The van der Waals surface area contributed by atoms with E-state index in [9.17, 15) is 9.59 Å². The summed E-state index contributed by atoms with van der Waals surface area (Å²) >= 11 is 3.48. The van der Waals surface area contributed by atoms with Gasteiger partial charge in [-0.05, 0) is 77.8 Å². The second-order valence-corrected chi connectivity index (χ2v) is 7.03. The summed E-state index contributed by atoms with van der Waals surface area (Å²) in [5.41, 5.74) is 2.38. The molecule has 0 fully saturated rings. The van der Waals surface area contributed by atoms with Gasteiger partial charge < -0.3 is 14.6 Å². The maximum Gasteiger partial charge on any atom is 0.335 e. The maximum atomic E-state index is 12.9. The predicted octanol–water partition coefficient (Wildman–Crippen LogP) is 4.36. The van der Waals surface area contributed by atoms with Crippen molar-refractivity contribution in [3.05, 3.63) is 57.6 Å². The second-order valence-electron chi connectivity index (χ2n) is 6.18. The van der Waals surface area contributed by atoms with E-state index in [1.807, 2.05) is 13.0 Å². The molecule has 3 rings (SSSR count). The van der Waals surface area contributed by atoms with Gasteiger partial charge in [0, 0.05) is 0 Å². The van der Waals surface area contributed by atoms with E-state index in [4.69, 9.17) is 14.6 Å². The third kappa shape index (κ3) is 4.17. The standard InChI is InChI=1S/C21H19BrN2O5/c1-4-29-19-17(22)10-13(11-18(19)28-3)9-16-12(2)23-24(20(16)25)15-7-5-14(6-8-15)21(26)27/h5-11H,4H2,1-3H3,(H,26,27)/b16-9-. The van der Waals surface area contributed by atoms with Gasteiger partial charge in [0.15, 0.2) is 11.5 Å². The molecule has 0 saturated carbocycles. The van der Waals surface area contributed by atoms with Crippen LogP contribution in [-0.4, -0.2) is 36.4 Å². The zero-order valence-corrected chi connectivity index (χ0v) is 17.7. The fourth-order valence-corrected chi connectivity index (χ4v) is 3.45. The number of carboxylic acid groups (broad SMARTS) is 1. The Morgan fingerprint density at radius 3 is 2.55 bits per heavy atom. The Kier molecular flexibility index (Phi) is 6.03. The highest BCUT2D eigenvalue weighted by molar-refractivity contribution is 9.10. The molecule has 1 aliphatic rings. The molecule has 29 heavy (non-hydrogen) atoms. The lowest BCUT2D eigenvalue weighted by molar-refractivity contribution is -0.114. The lowest BCUT2D eigenvalue weighted by Gasteiger charge is -2.13. The number of methoxy groups -OCH3 is 1. The van der Waals surface area contributed by atoms with E-state index in [-0.39, 0.29) is 11.5 Å². The van der Waals surface area contributed by atoms with Crippen LogP contribution in [0.4, 0.5) is 5.69 Å².